The number of benzene rings is 1. The standard InChI is InChI=1S/C23H23N3O4/c24-11-16-9-14(1-2-20(16)30-17-4-7-28-8-5-17)15-3-6-25-21(10-15)26-23(27)22-18-12-29-13-19(18)22/h1-3,6,9-10,17-19,22H,4-5,7-8,12-13H2,(H,25,26,27)/t18-,19+,22?. The Morgan fingerprint density at radius 3 is 2.63 bits per heavy atom. The summed E-state index contributed by atoms with van der Waals surface area (Å²) >= 11 is 0. The number of nitriles is 1. The lowest BCUT2D eigenvalue weighted by Gasteiger charge is -2.23. The molecule has 0 bridgehead atoms. The van der Waals surface area contributed by atoms with Gasteiger partial charge >= 0.3 is 0 Å². The predicted molar refractivity (Wildman–Crippen MR) is 109 cm³/mol. The minimum Gasteiger partial charge on any atom is -0.489 e. The van der Waals surface area contributed by atoms with Crippen LogP contribution in [0.2, 0.25) is 0 Å². The third kappa shape index (κ3) is 3.76. The Morgan fingerprint density at radius 1 is 1.10 bits per heavy atom. The maximum Gasteiger partial charge on any atom is 0.229 e. The van der Waals surface area contributed by atoms with Crippen molar-refractivity contribution in [1.29, 1.82) is 5.26 Å². The summed E-state index contributed by atoms with van der Waals surface area (Å²) in [7, 11) is 0. The van der Waals surface area contributed by atoms with Crippen molar-refractivity contribution in [3.63, 3.8) is 0 Å². The number of rotatable bonds is 5. The highest BCUT2D eigenvalue weighted by Crippen LogP contribution is 2.51. The van der Waals surface area contributed by atoms with Crippen LogP contribution < -0.4 is 10.1 Å². The van der Waals surface area contributed by atoms with Gasteiger partial charge in [-0.25, -0.2) is 4.98 Å². The van der Waals surface area contributed by atoms with Crippen LogP contribution in [0.4, 0.5) is 5.82 Å². The molecule has 2 aromatic rings. The van der Waals surface area contributed by atoms with Gasteiger partial charge in [0.05, 0.1) is 32.0 Å². The van der Waals surface area contributed by atoms with E-state index in [1.165, 1.54) is 0 Å². The van der Waals surface area contributed by atoms with Gasteiger partial charge in [0, 0.05) is 25.0 Å². The van der Waals surface area contributed by atoms with Crippen molar-refractivity contribution < 1.29 is 19.0 Å². The Kier molecular flexibility index (Phi) is 5.11. The average molecular weight is 405 g/mol. The van der Waals surface area contributed by atoms with Crippen LogP contribution in [0.25, 0.3) is 11.1 Å². The molecular formula is C23H23N3O4. The molecule has 1 amide bonds. The topological polar surface area (TPSA) is 93.5 Å². The number of nitrogens with one attached hydrogen (secondary N) is 1. The number of pyridine rings is 1. The molecule has 1 aromatic carbocycles. The first-order chi connectivity index (χ1) is 14.7. The molecule has 7 heteroatoms. The number of amides is 1. The number of anilines is 1. The first-order valence-electron chi connectivity index (χ1n) is 10.4. The molecule has 7 nitrogen and oxygen atoms in total. The largest absolute Gasteiger partial charge is 0.489 e. The lowest BCUT2D eigenvalue weighted by Crippen LogP contribution is -2.26. The number of fused-ring (bicyclic) bond motifs is 1. The van der Waals surface area contributed by atoms with E-state index in [2.05, 4.69) is 16.4 Å². The molecule has 0 spiro atoms. The molecule has 1 aliphatic carbocycles. The Morgan fingerprint density at radius 2 is 1.87 bits per heavy atom. The molecule has 3 fully saturated rings. The van der Waals surface area contributed by atoms with Gasteiger partial charge in [-0.1, -0.05) is 6.07 Å². The first kappa shape index (κ1) is 19.0. The van der Waals surface area contributed by atoms with Crippen LogP contribution in [0, 0.1) is 29.1 Å². The summed E-state index contributed by atoms with van der Waals surface area (Å²) in [4.78, 5) is 16.8. The second kappa shape index (κ2) is 8.05. The van der Waals surface area contributed by atoms with Gasteiger partial charge in [0.25, 0.3) is 0 Å². The fraction of sp³-hybridized carbons (Fsp3) is 0.435. The van der Waals surface area contributed by atoms with Crippen LogP contribution in [0.15, 0.2) is 36.5 Å². The van der Waals surface area contributed by atoms with Crippen molar-refractivity contribution in [2.45, 2.75) is 18.9 Å². The van der Waals surface area contributed by atoms with Crippen molar-refractivity contribution in [2.24, 2.45) is 17.8 Å². The molecule has 3 atom stereocenters. The molecule has 1 unspecified atom stereocenters. The molecule has 3 heterocycles. The normalized spacial score (nSPS) is 25.2. The molecule has 1 N–H and O–H groups in total. The van der Waals surface area contributed by atoms with Crippen LogP contribution in [-0.2, 0) is 14.3 Å². The van der Waals surface area contributed by atoms with E-state index in [1.807, 2.05) is 30.3 Å². The second-order valence-electron chi connectivity index (χ2n) is 8.06. The van der Waals surface area contributed by atoms with Gasteiger partial charge in [-0.2, -0.15) is 5.26 Å². The van der Waals surface area contributed by atoms with Gasteiger partial charge in [0.2, 0.25) is 5.91 Å². The van der Waals surface area contributed by atoms with E-state index in [0.29, 0.717) is 55.4 Å². The number of carbonyl (C=O) groups excluding carboxylic acids is 1. The van der Waals surface area contributed by atoms with Gasteiger partial charge < -0.3 is 19.5 Å². The minimum atomic E-state index is 0.0101. The Bertz CT molecular complexity index is 986. The fourth-order valence-corrected chi connectivity index (χ4v) is 4.39. The molecule has 3 aliphatic rings. The monoisotopic (exact) mass is 405 g/mol. The van der Waals surface area contributed by atoms with E-state index >= 15 is 0 Å². The summed E-state index contributed by atoms with van der Waals surface area (Å²) in [5, 5.41) is 12.5. The number of ether oxygens (including phenoxy) is 3. The van der Waals surface area contributed by atoms with Crippen LogP contribution in [0.3, 0.4) is 0 Å². The van der Waals surface area contributed by atoms with Crippen molar-refractivity contribution >= 4 is 11.7 Å². The fourth-order valence-electron chi connectivity index (χ4n) is 4.39. The molecule has 0 radical (unpaired) electrons. The smallest absolute Gasteiger partial charge is 0.229 e. The lowest BCUT2D eigenvalue weighted by molar-refractivity contribution is -0.118. The van der Waals surface area contributed by atoms with Gasteiger partial charge in [-0.05, 0) is 47.2 Å². The Hall–Kier alpha value is -2.95. The van der Waals surface area contributed by atoms with E-state index in [0.717, 1.165) is 24.0 Å². The zero-order chi connectivity index (χ0) is 20.5. The SMILES string of the molecule is N#Cc1cc(-c2ccnc(NC(=O)C3[C@H]4COC[C@@H]34)c2)ccc1OC1CCOCC1. The molecule has 2 saturated heterocycles. The lowest BCUT2D eigenvalue weighted by atomic mass is 10.0. The molecule has 5 rings (SSSR count). The van der Waals surface area contributed by atoms with Crippen LogP contribution in [0.1, 0.15) is 18.4 Å². The molecule has 1 aromatic heterocycles. The predicted octanol–water partition coefficient (Wildman–Crippen LogP) is 3.01. The minimum absolute atomic E-state index is 0.0101. The van der Waals surface area contributed by atoms with Crippen LogP contribution in [0.5, 0.6) is 5.75 Å². The van der Waals surface area contributed by atoms with E-state index in [9.17, 15) is 10.1 Å². The number of aromatic nitrogens is 1. The number of hydrogen-bond acceptors (Lipinski definition) is 6. The first-order valence-corrected chi connectivity index (χ1v) is 10.4. The van der Waals surface area contributed by atoms with Gasteiger partial charge in [-0.3, -0.25) is 4.79 Å². The van der Waals surface area contributed by atoms with Gasteiger partial charge in [-0.15, -0.1) is 0 Å². The highest BCUT2D eigenvalue weighted by Gasteiger charge is 2.58. The molecule has 1 saturated carbocycles. The highest BCUT2D eigenvalue weighted by molar-refractivity contribution is 5.94. The number of carbonyl (C=O) groups is 1. The Balaban J connectivity index is 1.30. The summed E-state index contributed by atoms with van der Waals surface area (Å²) in [5.74, 6) is 1.87. The number of nitrogens with zero attached hydrogens (tertiary/aromatic N) is 2. The summed E-state index contributed by atoms with van der Waals surface area (Å²) in [6, 6.07) is 11.5. The van der Waals surface area contributed by atoms with Crippen molar-refractivity contribution in [1.82, 2.24) is 4.98 Å². The molecule has 2 aliphatic heterocycles. The summed E-state index contributed by atoms with van der Waals surface area (Å²) in [6.07, 6.45) is 3.40. The molecule has 154 valence electrons. The van der Waals surface area contributed by atoms with E-state index in [-0.39, 0.29) is 17.9 Å². The van der Waals surface area contributed by atoms with Crippen molar-refractivity contribution in [3.05, 3.63) is 42.1 Å². The molecule has 30 heavy (non-hydrogen) atoms. The zero-order valence-corrected chi connectivity index (χ0v) is 16.5. The van der Waals surface area contributed by atoms with E-state index in [1.54, 1.807) is 6.20 Å². The third-order valence-electron chi connectivity index (χ3n) is 6.16. The maximum atomic E-state index is 12.5. The van der Waals surface area contributed by atoms with Crippen LogP contribution >= 0.6 is 0 Å². The van der Waals surface area contributed by atoms with Crippen LogP contribution in [-0.4, -0.2) is 43.4 Å². The van der Waals surface area contributed by atoms with Gasteiger partial charge in [0.15, 0.2) is 0 Å². The van der Waals surface area contributed by atoms with E-state index in [4.69, 9.17) is 14.2 Å². The van der Waals surface area contributed by atoms with E-state index < -0.39 is 0 Å². The average Bonchev–Trinajstić information content (AvgIpc) is 3.27. The highest BCUT2D eigenvalue weighted by atomic mass is 16.5. The zero-order valence-electron chi connectivity index (χ0n) is 16.5. The van der Waals surface area contributed by atoms with Crippen molar-refractivity contribution in [2.75, 3.05) is 31.7 Å². The summed E-state index contributed by atoms with van der Waals surface area (Å²) in [5.41, 5.74) is 2.25. The third-order valence-corrected chi connectivity index (χ3v) is 6.16. The molecular weight excluding hydrogens is 382 g/mol. The second-order valence-corrected chi connectivity index (χ2v) is 8.06. The maximum absolute atomic E-state index is 12.5. The summed E-state index contributed by atoms with van der Waals surface area (Å²) in [6.45, 7) is 2.72. The summed E-state index contributed by atoms with van der Waals surface area (Å²) < 4.78 is 16.7. The number of hydrogen-bond donors (Lipinski definition) is 1. The van der Waals surface area contributed by atoms with Gasteiger partial charge in [0.1, 0.15) is 23.7 Å². The Labute approximate surface area is 175 Å². The quantitative estimate of drug-likeness (QED) is 0.822. The van der Waals surface area contributed by atoms with Crippen molar-refractivity contribution in [3.8, 4) is 22.9 Å².